The predicted molar refractivity (Wildman–Crippen MR) is 103 cm³/mol. The Bertz CT molecular complexity index is 620. The molecule has 9 heteroatoms. The second-order valence-corrected chi connectivity index (χ2v) is 9.22. The Morgan fingerprint density at radius 3 is 1.64 bits per heavy atom. The van der Waals surface area contributed by atoms with E-state index in [9.17, 15) is 26.1 Å². The molecule has 0 unspecified atom stereocenters. The zero-order valence-electron chi connectivity index (χ0n) is 16.5. The normalized spacial score (nSPS) is 12.0. The van der Waals surface area contributed by atoms with Gasteiger partial charge in [0.1, 0.15) is 10.1 Å². The number of halogens is 3. The molecule has 1 aromatic carbocycles. The maximum atomic E-state index is 11.9. The van der Waals surface area contributed by atoms with Crippen molar-refractivity contribution in [3.8, 4) is 0 Å². The summed E-state index contributed by atoms with van der Waals surface area (Å²) in [6.07, 6.45) is 11.2. The van der Waals surface area contributed by atoms with Gasteiger partial charge in [-0.3, -0.25) is 0 Å². The van der Waals surface area contributed by atoms with Crippen LogP contribution in [-0.4, -0.2) is 24.2 Å². The van der Waals surface area contributed by atoms with Crippen LogP contribution in [0.1, 0.15) is 69.8 Å². The molecule has 156 valence electrons. The number of rotatable bonds is 14. The Morgan fingerprint density at radius 1 is 0.786 bits per heavy atom. The van der Waals surface area contributed by atoms with Gasteiger partial charge in [0.05, 0.1) is 4.90 Å². The van der Waals surface area contributed by atoms with Gasteiger partial charge in [-0.1, -0.05) is 75.3 Å². The quantitative estimate of drug-likeness (QED) is 0.249. The zero-order valence-corrected chi connectivity index (χ0v) is 20.1. The number of hydrogen-bond acceptors (Lipinski definition) is 4. The Hall–Kier alpha value is 0.270. The molecule has 3 nitrogen and oxygen atoms in total. The van der Waals surface area contributed by atoms with Crippen molar-refractivity contribution in [3.05, 3.63) is 29.8 Å². The summed E-state index contributed by atoms with van der Waals surface area (Å²) in [4.78, 5) is -0.189. The molecule has 0 N–H and O–H groups in total. The van der Waals surface area contributed by atoms with E-state index in [1.807, 2.05) is 0 Å². The van der Waals surface area contributed by atoms with Crippen molar-refractivity contribution in [2.75, 3.05) is 5.75 Å². The molecule has 1 aromatic rings. The molecule has 0 heterocycles. The largest absolute Gasteiger partial charge is 1.00 e. The summed E-state index contributed by atoms with van der Waals surface area (Å²) < 4.78 is 68.4. The van der Waals surface area contributed by atoms with Gasteiger partial charge in [0.15, 0.2) is 0 Å². The third kappa shape index (κ3) is 15.2. The van der Waals surface area contributed by atoms with E-state index >= 15 is 0 Å². The fourth-order valence-electron chi connectivity index (χ4n) is 2.86. The van der Waals surface area contributed by atoms with Gasteiger partial charge in [0, 0.05) is 5.75 Å². The van der Waals surface area contributed by atoms with Crippen LogP contribution in [0.15, 0.2) is 29.2 Å². The van der Waals surface area contributed by atoms with Crippen molar-refractivity contribution in [1.29, 1.82) is 0 Å². The topological polar surface area (TPSA) is 57.2 Å². The first-order chi connectivity index (χ1) is 12.7. The van der Waals surface area contributed by atoms with Crippen molar-refractivity contribution in [2.24, 2.45) is 0 Å². The molecular formula is C19H28F3NaO3S2. The van der Waals surface area contributed by atoms with Crippen molar-refractivity contribution < 1.29 is 55.7 Å². The minimum atomic E-state index is -4.37. The molecule has 0 fully saturated rings. The molecule has 0 atom stereocenters. The molecule has 0 aliphatic rings. The summed E-state index contributed by atoms with van der Waals surface area (Å²) in [7, 11) is -4.37. The third-order valence-corrected chi connectivity index (χ3v) is 6.01. The summed E-state index contributed by atoms with van der Waals surface area (Å²) >= 11 is 0.0724. The van der Waals surface area contributed by atoms with Crippen molar-refractivity contribution in [1.82, 2.24) is 0 Å². The van der Waals surface area contributed by atoms with Gasteiger partial charge in [0.25, 0.3) is 0 Å². The third-order valence-electron chi connectivity index (χ3n) is 4.34. The fourth-order valence-corrected chi connectivity index (χ4v) is 3.91. The number of aryl methyl sites for hydroxylation is 1. The molecule has 28 heavy (non-hydrogen) atoms. The number of hydrogen-bond donors (Lipinski definition) is 0. The Kier molecular flexibility index (Phi) is 15.3. The first kappa shape index (κ1) is 28.3. The SMILES string of the molecule is O=S(=O)([O-])c1ccc(CCCCCCCCCCCCSC(F)(F)F)cc1.[Na+]. The van der Waals surface area contributed by atoms with Crippen molar-refractivity contribution in [3.63, 3.8) is 0 Å². The first-order valence-electron chi connectivity index (χ1n) is 9.44. The Balaban J connectivity index is 0.00000729. The van der Waals surface area contributed by atoms with Gasteiger partial charge in [-0.25, -0.2) is 8.42 Å². The van der Waals surface area contributed by atoms with Crippen LogP contribution >= 0.6 is 11.8 Å². The maximum Gasteiger partial charge on any atom is 1.00 e. The van der Waals surface area contributed by atoms with Gasteiger partial charge in [0.2, 0.25) is 0 Å². The molecule has 0 amide bonds. The predicted octanol–water partition coefficient (Wildman–Crippen LogP) is 3.29. The van der Waals surface area contributed by atoms with Crippen LogP contribution in [0.5, 0.6) is 0 Å². The Labute approximate surface area is 193 Å². The molecule has 0 aliphatic heterocycles. The molecule has 0 bridgehead atoms. The molecule has 0 aromatic heterocycles. The average molecular weight is 449 g/mol. The van der Waals surface area contributed by atoms with Gasteiger partial charge < -0.3 is 4.55 Å². The summed E-state index contributed by atoms with van der Waals surface area (Å²) in [5.74, 6) is 0.166. The van der Waals surface area contributed by atoms with Gasteiger partial charge in [-0.05, 0) is 37.0 Å². The van der Waals surface area contributed by atoms with Crippen LogP contribution in [0.3, 0.4) is 0 Å². The minimum absolute atomic E-state index is 0. The summed E-state index contributed by atoms with van der Waals surface area (Å²) in [5.41, 5.74) is -3.06. The number of benzene rings is 1. The van der Waals surface area contributed by atoms with Gasteiger partial charge in [-0.2, -0.15) is 13.2 Å². The molecular weight excluding hydrogens is 420 g/mol. The van der Waals surface area contributed by atoms with Crippen LogP contribution in [0, 0.1) is 0 Å². The van der Waals surface area contributed by atoms with Crippen LogP contribution in [0.2, 0.25) is 0 Å². The maximum absolute atomic E-state index is 11.9. The summed E-state index contributed by atoms with van der Waals surface area (Å²) in [6.45, 7) is 0. The minimum Gasteiger partial charge on any atom is -0.744 e. The first-order valence-corrected chi connectivity index (χ1v) is 11.8. The molecule has 1 rings (SSSR count). The number of alkyl halides is 3. The van der Waals surface area contributed by atoms with E-state index in [-0.39, 0.29) is 52.0 Å². The van der Waals surface area contributed by atoms with E-state index in [4.69, 9.17) is 0 Å². The van der Waals surface area contributed by atoms with Crippen LogP contribution in [0.4, 0.5) is 13.2 Å². The van der Waals surface area contributed by atoms with E-state index in [1.54, 1.807) is 12.1 Å². The second-order valence-electron chi connectivity index (χ2n) is 6.68. The molecule has 0 saturated carbocycles. The molecule has 0 radical (unpaired) electrons. The number of unbranched alkanes of at least 4 members (excludes halogenated alkanes) is 9. The summed E-state index contributed by atoms with van der Waals surface area (Å²) in [6, 6.07) is 6.11. The van der Waals surface area contributed by atoms with E-state index in [2.05, 4.69) is 0 Å². The summed E-state index contributed by atoms with van der Waals surface area (Å²) in [5, 5.41) is 0. The fraction of sp³-hybridized carbons (Fsp3) is 0.684. The van der Waals surface area contributed by atoms with E-state index in [0.29, 0.717) is 6.42 Å². The molecule has 0 saturated heterocycles. The van der Waals surface area contributed by atoms with Crippen LogP contribution < -0.4 is 29.6 Å². The van der Waals surface area contributed by atoms with E-state index in [1.165, 1.54) is 12.1 Å². The number of thioether (sulfide) groups is 1. The second kappa shape index (κ2) is 15.1. The smallest absolute Gasteiger partial charge is 0.744 e. The standard InChI is InChI=1S/C19H29F3O3S2.Na/c20-19(21,22)26-16-10-8-6-4-2-1-3-5-7-9-11-17-12-14-18(15-13-17)27(23,24)25;/h12-15H,1-11,16H2,(H,23,24,25);/q;+1/p-1. The van der Waals surface area contributed by atoms with Gasteiger partial charge in [-0.15, -0.1) is 0 Å². The van der Waals surface area contributed by atoms with Crippen molar-refractivity contribution >= 4 is 21.9 Å². The Morgan fingerprint density at radius 2 is 1.21 bits per heavy atom. The van der Waals surface area contributed by atoms with E-state index in [0.717, 1.165) is 69.8 Å². The van der Waals surface area contributed by atoms with Gasteiger partial charge >= 0.3 is 35.1 Å². The van der Waals surface area contributed by atoms with E-state index < -0.39 is 15.6 Å². The molecule has 0 aliphatic carbocycles. The van der Waals surface area contributed by atoms with Crippen LogP contribution in [0.25, 0.3) is 0 Å². The monoisotopic (exact) mass is 448 g/mol. The molecule has 0 spiro atoms. The van der Waals surface area contributed by atoms with Crippen molar-refractivity contribution in [2.45, 2.75) is 81.0 Å². The van der Waals surface area contributed by atoms with Crippen LogP contribution in [-0.2, 0) is 16.5 Å². The zero-order chi connectivity index (χ0) is 20.2. The average Bonchev–Trinajstić information content (AvgIpc) is 2.57.